The van der Waals surface area contributed by atoms with Gasteiger partial charge in [0.15, 0.2) is 0 Å². The predicted octanol–water partition coefficient (Wildman–Crippen LogP) is 17.1. The maximum absolute atomic E-state index is 13.8. The fraction of sp³-hybridized carbons (Fsp3) is 0.677. The van der Waals surface area contributed by atoms with Gasteiger partial charge in [0.25, 0.3) is 0 Å². The third-order valence-corrected chi connectivity index (χ3v) is 20.5. The zero-order valence-corrected chi connectivity index (χ0v) is 47.6. The normalized spacial score (nSPS) is 18.8. The van der Waals surface area contributed by atoms with Crippen molar-refractivity contribution in [1.82, 2.24) is 0 Å². The summed E-state index contributed by atoms with van der Waals surface area (Å²) < 4.78 is 6.90. The fourth-order valence-corrected chi connectivity index (χ4v) is 11.0. The van der Waals surface area contributed by atoms with Crippen molar-refractivity contribution < 1.29 is 14.3 Å². The lowest BCUT2D eigenvalue weighted by Gasteiger charge is -2.53. The van der Waals surface area contributed by atoms with Crippen molar-refractivity contribution >= 4 is 30.1 Å². The summed E-state index contributed by atoms with van der Waals surface area (Å²) in [6.45, 7) is 56.8. The first-order valence-electron chi connectivity index (χ1n) is 26.1. The first kappa shape index (κ1) is 54.6. The van der Waals surface area contributed by atoms with Gasteiger partial charge in [-0.2, -0.15) is 8.60 Å². The molecule has 2 unspecified atom stereocenters. The van der Waals surface area contributed by atoms with Crippen molar-refractivity contribution in [2.45, 2.75) is 236 Å². The van der Waals surface area contributed by atoms with Crippen LogP contribution in [-0.2, 0) is 42.6 Å². The Morgan fingerprint density at radius 1 is 0.455 bits per heavy atom. The van der Waals surface area contributed by atoms with Crippen molar-refractivity contribution in [2.75, 3.05) is 0 Å². The van der Waals surface area contributed by atoms with Gasteiger partial charge in [-0.05, 0) is 153 Å². The Morgan fingerprint density at radius 2 is 0.818 bits per heavy atom. The van der Waals surface area contributed by atoms with Gasteiger partial charge in [0, 0.05) is 5.92 Å². The standard InChI is InChI=1S/C62H95O3P/c1-37(2)56(13,14)45-29-43-31-51(58(17,18)39(5)6)49(35-47(43)52(33-45)59(19,20)40(7)8)50-27-25-26-28-62(50,65-66(63)64)55-36-48-44(32-54(55)61(23,24)42(11)12)30-46(57(15,16)38(3)4)34-53(48)60(21,22)41(9)10/h29-42,50H,25-28H2,1-24H3/q-2. The molecule has 3 nitrogen and oxygen atoms in total. The molecule has 0 spiro atoms. The Bertz CT molecular complexity index is 2360. The SMILES string of the molecule is CC(C)C(C)(C)c1cc(C(C)(C)C(C)C)c2cc(C3CCCCC3(OP([O-])[O-])c3cc4c(C(C)(C)C(C)C)cc(C(C)(C)C(C)C)cc4cc3C(C)(C)C(C)C)c(C(C)(C)C(C)C)cc2c1. The van der Waals surface area contributed by atoms with Gasteiger partial charge in [0.05, 0.1) is 0 Å². The van der Waals surface area contributed by atoms with Crippen LogP contribution in [0, 0.1) is 35.5 Å². The minimum atomic E-state index is -3.23. The summed E-state index contributed by atoms with van der Waals surface area (Å²) in [6, 6.07) is 19.9. The highest BCUT2D eigenvalue weighted by molar-refractivity contribution is 7.36. The second-order valence-corrected chi connectivity index (χ2v) is 27.2. The Morgan fingerprint density at radius 3 is 1.21 bits per heavy atom. The molecule has 4 aromatic carbocycles. The van der Waals surface area contributed by atoms with Crippen LogP contribution in [0.15, 0.2) is 48.5 Å². The third-order valence-electron chi connectivity index (χ3n) is 20.1. The molecule has 0 amide bonds. The number of rotatable bonds is 16. The van der Waals surface area contributed by atoms with Gasteiger partial charge in [-0.1, -0.05) is 221 Å². The summed E-state index contributed by atoms with van der Waals surface area (Å²) in [7, 11) is -3.23. The van der Waals surface area contributed by atoms with Crippen LogP contribution in [0.5, 0.6) is 0 Å². The van der Waals surface area contributed by atoms with Gasteiger partial charge >= 0.3 is 0 Å². The van der Waals surface area contributed by atoms with E-state index in [2.05, 4.69) is 215 Å². The number of fused-ring (bicyclic) bond motifs is 2. The molecule has 4 aromatic rings. The highest BCUT2D eigenvalue weighted by atomic mass is 31.2. The second-order valence-electron chi connectivity index (χ2n) is 26.6. The summed E-state index contributed by atoms with van der Waals surface area (Å²) in [6.07, 6.45) is 3.36. The Labute approximate surface area is 407 Å². The summed E-state index contributed by atoms with van der Waals surface area (Å²) in [4.78, 5) is 27.6. The van der Waals surface area contributed by atoms with E-state index in [4.69, 9.17) is 4.52 Å². The molecule has 1 aliphatic rings. The molecular weight excluding hydrogens is 824 g/mol. The quantitative estimate of drug-likeness (QED) is 0.105. The van der Waals surface area contributed by atoms with E-state index in [0.717, 1.165) is 24.8 Å². The van der Waals surface area contributed by atoms with Crippen LogP contribution in [0.2, 0.25) is 0 Å². The summed E-state index contributed by atoms with van der Waals surface area (Å²) in [5, 5.41) is 5.01. The molecule has 0 heterocycles. The molecule has 66 heavy (non-hydrogen) atoms. The third kappa shape index (κ3) is 9.50. The molecule has 0 aliphatic heterocycles. The van der Waals surface area contributed by atoms with E-state index in [1.54, 1.807) is 0 Å². The van der Waals surface area contributed by atoms with Crippen LogP contribution in [0.4, 0.5) is 0 Å². The largest absolute Gasteiger partial charge is 0.820 e. The van der Waals surface area contributed by atoms with Gasteiger partial charge < -0.3 is 14.3 Å². The van der Waals surface area contributed by atoms with Gasteiger partial charge in [-0.25, -0.2) is 0 Å². The van der Waals surface area contributed by atoms with Gasteiger partial charge in [-0.15, -0.1) is 0 Å². The molecule has 1 aliphatic carbocycles. The van der Waals surface area contributed by atoms with Crippen LogP contribution >= 0.6 is 8.60 Å². The molecule has 4 heteroatoms. The van der Waals surface area contributed by atoms with Crippen molar-refractivity contribution in [3.8, 4) is 0 Å². The molecule has 0 aromatic heterocycles. The number of hydrogen-bond acceptors (Lipinski definition) is 3. The van der Waals surface area contributed by atoms with Gasteiger partial charge in [0.2, 0.25) is 0 Å². The molecule has 1 fully saturated rings. The van der Waals surface area contributed by atoms with Crippen LogP contribution in [0.25, 0.3) is 21.5 Å². The average molecular weight is 919 g/mol. The lowest BCUT2D eigenvalue weighted by Crippen LogP contribution is -2.44. The highest BCUT2D eigenvalue weighted by Crippen LogP contribution is 2.59. The number of hydrogen-bond donors (Lipinski definition) is 0. The van der Waals surface area contributed by atoms with Crippen LogP contribution in [0.1, 0.15) is 242 Å². The zero-order chi connectivity index (χ0) is 50.2. The first-order chi connectivity index (χ1) is 30.0. The minimum absolute atomic E-state index is 0.0296. The predicted molar refractivity (Wildman–Crippen MR) is 286 cm³/mol. The van der Waals surface area contributed by atoms with Crippen molar-refractivity contribution in [3.63, 3.8) is 0 Å². The Balaban J connectivity index is 2.08. The molecule has 0 radical (unpaired) electrons. The molecule has 0 saturated heterocycles. The van der Waals surface area contributed by atoms with Crippen LogP contribution in [-0.4, -0.2) is 0 Å². The van der Waals surface area contributed by atoms with E-state index in [-0.39, 0.29) is 44.3 Å². The summed E-state index contributed by atoms with van der Waals surface area (Å²) in [5.74, 6) is 2.05. The van der Waals surface area contributed by atoms with Crippen LogP contribution in [0.3, 0.4) is 0 Å². The summed E-state index contributed by atoms with van der Waals surface area (Å²) >= 11 is 0. The first-order valence-corrected chi connectivity index (χ1v) is 27.2. The zero-order valence-electron chi connectivity index (χ0n) is 46.7. The lowest BCUT2D eigenvalue weighted by molar-refractivity contribution is -0.329. The van der Waals surface area contributed by atoms with Crippen LogP contribution < -0.4 is 9.79 Å². The maximum atomic E-state index is 13.8. The van der Waals surface area contributed by atoms with E-state index in [1.807, 2.05) is 0 Å². The molecule has 368 valence electrons. The van der Waals surface area contributed by atoms with E-state index in [0.29, 0.717) is 36.0 Å². The van der Waals surface area contributed by atoms with E-state index < -0.39 is 14.2 Å². The van der Waals surface area contributed by atoms with Crippen molar-refractivity contribution in [3.05, 3.63) is 93.0 Å². The van der Waals surface area contributed by atoms with E-state index in [9.17, 15) is 9.79 Å². The average Bonchev–Trinajstić information content (AvgIpc) is 3.21. The van der Waals surface area contributed by atoms with Gasteiger partial charge in [-0.3, -0.25) is 0 Å². The van der Waals surface area contributed by atoms with E-state index >= 15 is 0 Å². The smallest absolute Gasteiger partial charge is 0.101 e. The molecule has 0 N–H and O–H groups in total. The molecule has 2 atom stereocenters. The Hall–Kier alpha value is -2.29. The lowest BCUT2D eigenvalue weighted by atomic mass is 9.60. The summed E-state index contributed by atoms with van der Waals surface area (Å²) in [5.41, 5.74) is 8.25. The van der Waals surface area contributed by atoms with Crippen molar-refractivity contribution in [2.24, 2.45) is 35.5 Å². The topological polar surface area (TPSA) is 55.3 Å². The number of benzene rings is 4. The maximum Gasteiger partial charge on any atom is 0.101 e. The molecule has 0 bridgehead atoms. The highest BCUT2D eigenvalue weighted by Gasteiger charge is 2.49. The molecule has 1 saturated carbocycles. The van der Waals surface area contributed by atoms with E-state index in [1.165, 1.54) is 60.5 Å². The molecular formula is C62H95O3P-2. The van der Waals surface area contributed by atoms with Gasteiger partial charge in [0.1, 0.15) is 5.60 Å². The second kappa shape index (κ2) is 18.8. The molecule has 5 rings (SSSR count). The Kier molecular flexibility index (Phi) is 15.6. The minimum Gasteiger partial charge on any atom is -0.820 e. The van der Waals surface area contributed by atoms with Crippen molar-refractivity contribution in [1.29, 1.82) is 0 Å². The fourth-order valence-electron chi connectivity index (χ4n) is 10.5. The monoisotopic (exact) mass is 919 g/mol.